The van der Waals surface area contributed by atoms with Crippen molar-refractivity contribution < 1.29 is 18.3 Å². The molecule has 2 aromatic carbocycles. The van der Waals surface area contributed by atoms with E-state index in [2.05, 4.69) is 15.1 Å². The van der Waals surface area contributed by atoms with E-state index in [1.807, 2.05) is 24.3 Å². The molecule has 0 N–H and O–H groups in total. The van der Waals surface area contributed by atoms with E-state index < -0.39 is 24.3 Å². The number of benzene rings is 2. The molecule has 1 fully saturated rings. The lowest BCUT2D eigenvalue weighted by Crippen LogP contribution is -2.49. The number of amides is 1. The van der Waals surface area contributed by atoms with Crippen molar-refractivity contribution in [3.05, 3.63) is 65.7 Å². The summed E-state index contributed by atoms with van der Waals surface area (Å²) in [5.41, 5.74) is 1.48. The normalized spacial score (nSPS) is 18.2. The average molecular weight is 437 g/mol. The Labute approximate surface area is 182 Å². The number of aromatic nitrogens is 4. The Bertz CT molecular complexity index is 1340. The van der Waals surface area contributed by atoms with Crippen LogP contribution < -0.4 is 4.74 Å². The average Bonchev–Trinajstić information content (AvgIpc) is 3.24. The van der Waals surface area contributed by atoms with Gasteiger partial charge in [-0.2, -0.15) is 10.1 Å². The molecule has 1 saturated heterocycles. The first-order valence-corrected chi connectivity index (χ1v) is 10.3. The molecule has 32 heavy (non-hydrogen) atoms. The van der Waals surface area contributed by atoms with Crippen molar-refractivity contribution in [1.29, 1.82) is 0 Å². The molecular weight excluding hydrogens is 416 g/mol. The number of nitrogens with zero attached hydrogens (tertiary/aromatic N) is 5. The van der Waals surface area contributed by atoms with Gasteiger partial charge in [0.1, 0.15) is 12.1 Å². The maximum absolute atomic E-state index is 14.8. The van der Waals surface area contributed by atoms with Gasteiger partial charge in [-0.05, 0) is 35.9 Å². The third kappa shape index (κ3) is 3.53. The fraction of sp³-hybridized carbons (Fsp3) is 0.304. The van der Waals surface area contributed by atoms with Crippen LogP contribution in [0, 0.1) is 6.92 Å². The van der Waals surface area contributed by atoms with E-state index >= 15 is 0 Å². The summed E-state index contributed by atoms with van der Waals surface area (Å²) < 4.78 is 36.6. The lowest BCUT2D eigenvalue weighted by molar-refractivity contribution is -0.0641. The van der Waals surface area contributed by atoms with Crippen LogP contribution in [-0.2, 0) is 0 Å². The second-order valence-corrected chi connectivity index (χ2v) is 8.14. The lowest BCUT2D eigenvalue weighted by atomic mass is 9.91. The highest BCUT2D eigenvalue weighted by atomic mass is 19.3. The van der Waals surface area contributed by atoms with E-state index in [4.69, 9.17) is 4.74 Å². The van der Waals surface area contributed by atoms with Gasteiger partial charge in [0, 0.05) is 24.6 Å². The monoisotopic (exact) mass is 437 g/mol. The summed E-state index contributed by atoms with van der Waals surface area (Å²) in [7, 11) is 1.47. The predicted octanol–water partition coefficient (Wildman–Crippen LogP) is 3.86. The lowest BCUT2D eigenvalue weighted by Gasteiger charge is -2.38. The van der Waals surface area contributed by atoms with Crippen molar-refractivity contribution in [3.8, 4) is 5.75 Å². The van der Waals surface area contributed by atoms with Gasteiger partial charge in [-0.3, -0.25) is 4.79 Å². The predicted molar refractivity (Wildman–Crippen MR) is 114 cm³/mol. The summed E-state index contributed by atoms with van der Waals surface area (Å²) in [5, 5.41) is 5.89. The molecule has 0 spiro atoms. The fourth-order valence-corrected chi connectivity index (χ4v) is 4.43. The van der Waals surface area contributed by atoms with Crippen molar-refractivity contribution in [2.75, 3.05) is 20.2 Å². The molecule has 1 aliphatic rings. The molecule has 1 atom stereocenters. The van der Waals surface area contributed by atoms with E-state index in [1.54, 1.807) is 25.1 Å². The van der Waals surface area contributed by atoms with Crippen molar-refractivity contribution >= 4 is 22.5 Å². The van der Waals surface area contributed by atoms with Crippen molar-refractivity contribution in [1.82, 2.24) is 24.5 Å². The van der Waals surface area contributed by atoms with Gasteiger partial charge < -0.3 is 9.64 Å². The van der Waals surface area contributed by atoms with Crippen molar-refractivity contribution in [3.63, 3.8) is 0 Å². The van der Waals surface area contributed by atoms with Gasteiger partial charge in [0.2, 0.25) is 0 Å². The molecule has 0 saturated carbocycles. The van der Waals surface area contributed by atoms with Crippen LogP contribution in [0.25, 0.3) is 16.6 Å². The number of hydrogen-bond donors (Lipinski definition) is 0. The molecule has 2 aromatic heterocycles. The largest absolute Gasteiger partial charge is 0.496 e. The van der Waals surface area contributed by atoms with Crippen molar-refractivity contribution in [2.24, 2.45) is 0 Å². The second-order valence-electron chi connectivity index (χ2n) is 8.14. The number of likely N-dealkylation sites (tertiary alicyclic amines) is 1. The number of carbonyl (C=O) groups is 1. The Morgan fingerprint density at radius 2 is 1.94 bits per heavy atom. The number of piperidine rings is 1. The highest BCUT2D eigenvalue weighted by molar-refractivity contribution is 6.01. The maximum Gasteiger partial charge on any atom is 0.266 e. The third-order valence-electron chi connectivity index (χ3n) is 5.82. The van der Waals surface area contributed by atoms with E-state index in [1.165, 1.54) is 22.9 Å². The molecule has 164 valence electrons. The van der Waals surface area contributed by atoms with Crippen LogP contribution in [-0.4, -0.2) is 56.5 Å². The fourth-order valence-electron chi connectivity index (χ4n) is 4.43. The molecule has 1 amide bonds. The molecule has 7 nitrogen and oxygen atoms in total. The summed E-state index contributed by atoms with van der Waals surface area (Å²) >= 11 is 0. The van der Waals surface area contributed by atoms with Gasteiger partial charge in [-0.25, -0.2) is 18.3 Å². The summed E-state index contributed by atoms with van der Waals surface area (Å²) in [6, 6.07) is 12.7. The molecule has 4 aromatic rings. The van der Waals surface area contributed by atoms with E-state index in [0.29, 0.717) is 22.9 Å². The molecular formula is C23H21F2N5O2. The number of carbonyl (C=O) groups excluding carboxylic acids is 1. The molecule has 5 rings (SSSR count). The first-order valence-electron chi connectivity index (χ1n) is 10.3. The zero-order valence-electron chi connectivity index (χ0n) is 17.6. The topological polar surface area (TPSA) is 72.6 Å². The van der Waals surface area contributed by atoms with Gasteiger partial charge in [0.15, 0.2) is 0 Å². The molecule has 3 heterocycles. The first-order chi connectivity index (χ1) is 15.3. The number of fused-ring (bicyclic) bond motifs is 2. The van der Waals surface area contributed by atoms with Crippen LogP contribution >= 0.6 is 0 Å². The standard InChI is InChI=1S/C23H21F2N5O2/c1-14-7-19(30-22(28-14)26-13-27-30)17-10-23(24,25)12-29(11-17)21(31)18-8-15-5-3-4-6-16(15)9-20(18)32-2/h3-9,13,17H,10-12H2,1-2H3. The maximum atomic E-state index is 14.8. The van der Waals surface area contributed by atoms with Gasteiger partial charge in [0.05, 0.1) is 24.9 Å². The van der Waals surface area contributed by atoms with Crippen LogP contribution in [0.15, 0.2) is 48.8 Å². The van der Waals surface area contributed by atoms with Crippen LogP contribution in [0.3, 0.4) is 0 Å². The number of rotatable bonds is 3. The van der Waals surface area contributed by atoms with Gasteiger partial charge in [0.25, 0.3) is 17.6 Å². The summed E-state index contributed by atoms with van der Waals surface area (Å²) in [5.74, 6) is -3.45. The number of halogens is 2. The molecule has 0 aliphatic carbocycles. The van der Waals surface area contributed by atoms with E-state index in [-0.39, 0.29) is 18.5 Å². The second kappa shape index (κ2) is 7.51. The number of methoxy groups -OCH3 is 1. The zero-order valence-corrected chi connectivity index (χ0v) is 17.6. The van der Waals surface area contributed by atoms with Gasteiger partial charge >= 0.3 is 0 Å². The Morgan fingerprint density at radius 3 is 2.69 bits per heavy atom. The molecule has 1 aliphatic heterocycles. The SMILES string of the molecule is COc1cc2ccccc2cc1C(=O)N1CC(c2cc(C)nc3ncnn23)CC(F)(F)C1. The molecule has 9 heteroatoms. The van der Waals surface area contributed by atoms with Gasteiger partial charge in [-0.1, -0.05) is 24.3 Å². The van der Waals surface area contributed by atoms with Crippen LogP contribution in [0.2, 0.25) is 0 Å². The quantitative estimate of drug-likeness (QED) is 0.487. The Kier molecular flexibility index (Phi) is 4.76. The minimum absolute atomic E-state index is 0.128. The zero-order chi connectivity index (χ0) is 22.5. The minimum Gasteiger partial charge on any atom is -0.496 e. The van der Waals surface area contributed by atoms with Crippen LogP contribution in [0.1, 0.15) is 34.1 Å². The van der Waals surface area contributed by atoms with Crippen molar-refractivity contribution in [2.45, 2.75) is 25.2 Å². The smallest absolute Gasteiger partial charge is 0.266 e. The minimum atomic E-state index is -3.05. The summed E-state index contributed by atoms with van der Waals surface area (Å²) in [6.45, 7) is 1.26. The summed E-state index contributed by atoms with van der Waals surface area (Å²) in [4.78, 5) is 23.0. The number of ether oxygens (including phenoxy) is 1. The Morgan fingerprint density at radius 1 is 1.19 bits per heavy atom. The highest BCUT2D eigenvalue weighted by Crippen LogP contribution is 2.38. The first kappa shape index (κ1) is 20.3. The number of aryl methyl sites for hydroxylation is 1. The number of alkyl halides is 2. The van der Waals surface area contributed by atoms with E-state index in [9.17, 15) is 13.6 Å². The molecule has 0 radical (unpaired) electrons. The van der Waals surface area contributed by atoms with E-state index in [0.717, 1.165) is 10.8 Å². The molecule has 1 unspecified atom stereocenters. The summed E-state index contributed by atoms with van der Waals surface area (Å²) in [6.07, 6.45) is 0.957. The van der Waals surface area contributed by atoms with Gasteiger partial charge in [-0.15, -0.1) is 0 Å². The van der Waals surface area contributed by atoms with Crippen LogP contribution in [0.4, 0.5) is 8.78 Å². The Balaban J connectivity index is 1.54. The number of hydrogen-bond acceptors (Lipinski definition) is 5. The molecule has 0 bridgehead atoms. The Hall–Kier alpha value is -3.62. The third-order valence-corrected chi connectivity index (χ3v) is 5.82. The van der Waals surface area contributed by atoms with Crippen LogP contribution in [0.5, 0.6) is 5.75 Å². The highest BCUT2D eigenvalue weighted by Gasteiger charge is 2.44.